The van der Waals surface area contributed by atoms with Gasteiger partial charge in [-0.2, -0.15) is 5.10 Å². The molecule has 9 nitrogen and oxygen atoms in total. The number of nitrogens with one attached hydrogen (secondary N) is 2. The zero-order valence-corrected chi connectivity index (χ0v) is 25.7. The number of amides is 2. The number of hydrazone groups is 1. The number of benzene rings is 3. The Morgan fingerprint density at radius 3 is 2.29 bits per heavy atom. The van der Waals surface area contributed by atoms with Crippen LogP contribution in [0.5, 0.6) is 5.75 Å². The first-order valence-corrected chi connectivity index (χ1v) is 14.9. The Bertz CT molecular complexity index is 1790. The van der Waals surface area contributed by atoms with Gasteiger partial charge in [0.05, 0.1) is 40.4 Å². The number of allylic oxidation sites excluding steroid dienone is 2. The third-order valence-electron chi connectivity index (χ3n) is 7.71. The molecule has 0 spiro atoms. The quantitative estimate of drug-likeness (QED) is 0.110. The minimum atomic E-state index is -0.972. The first-order chi connectivity index (χ1) is 21.6. The first-order valence-electron chi connectivity index (χ1n) is 14.9. The normalized spacial score (nSPS) is 16.4. The fourth-order valence-corrected chi connectivity index (χ4v) is 5.32. The predicted molar refractivity (Wildman–Crippen MR) is 175 cm³/mol. The van der Waals surface area contributed by atoms with Crippen LogP contribution in [0.1, 0.15) is 55.1 Å². The van der Waals surface area contributed by atoms with Gasteiger partial charge < -0.3 is 15.2 Å². The van der Waals surface area contributed by atoms with Crippen molar-refractivity contribution >= 4 is 40.1 Å². The fraction of sp³-hybridized carbons (Fsp3) is 0.250. The molecule has 1 heterocycles. The van der Waals surface area contributed by atoms with Gasteiger partial charge in [-0.3, -0.25) is 14.4 Å². The highest BCUT2D eigenvalue weighted by Gasteiger charge is 2.34. The van der Waals surface area contributed by atoms with E-state index in [4.69, 9.17) is 9.72 Å². The second-order valence-electron chi connectivity index (χ2n) is 11.5. The molecule has 0 radical (unpaired) electrons. The van der Waals surface area contributed by atoms with E-state index < -0.39 is 17.8 Å². The number of carboxylic acids is 1. The summed E-state index contributed by atoms with van der Waals surface area (Å²) in [4.78, 5) is 42.7. The number of aromatic nitrogens is 1. The van der Waals surface area contributed by atoms with Gasteiger partial charge in [-0.05, 0) is 101 Å². The van der Waals surface area contributed by atoms with Gasteiger partial charge in [0, 0.05) is 16.6 Å². The summed E-state index contributed by atoms with van der Waals surface area (Å²) < 4.78 is 5.76. The van der Waals surface area contributed by atoms with E-state index in [1.807, 2.05) is 69.3 Å². The largest absolute Gasteiger partial charge is 0.491 e. The predicted octanol–water partition coefficient (Wildman–Crippen LogP) is 6.76. The lowest BCUT2D eigenvalue weighted by Gasteiger charge is -2.24. The Morgan fingerprint density at radius 1 is 0.933 bits per heavy atom. The smallest absolute Gasteiger partial charge is 0.307 e. The summed E-state index contributed by atoms with van der Waals surface area (Å²) in [5.41, 5.74) is 8.23. The van der Waals surface area contributed by atoms with Crippen LogP contribution >= 0.6 is 0 Å². The van der Waals surface area contributed by atoms with Crippen molar-refractivity contribution in [3.63, 3.8) is 0 Å². The third kappa shape index (κ3) is 7.44. The Balaban J connectivity index is 1.32. The Labute approximate surface area is 262 Å². The standard InChI is InChI=1S/C36H36N4O5/c1-21(2)45-27-16-12-25(13-17-27)33-20-31(30-19-22(3)9-18-32(30)38-33)35(42)40-39-23(4)24-10-14-26(15-11-24)37-34(41)28-7-5-6-8-29(28)36(43)44/h5-6,9-21,28-29H,7-8H2,1-4H3,(H,37,41)(H,40,42)(H,43,44). The van der Waals surface area contributed by atoms with Gasteiger partial charge in [-0.15, -0.1) is 0 Å². The van der Waals surface area contributed by atoms with Crippen LogP contribution in [0.25, 0.3) is 22.2 Å². The first kappa shape index (κ1) is 31.1. The maximum Gasteiger partial charge on any atom is 0.307 e. The number of carbonyl (C=O) groups excluding carboxylic acids is 2. The number of hydrogen-bond acceptors (Lipinski definition) is 6. The van der Waals surface area contributed by atoms with E-state index in [0.29, 0.717) is 41.0 Å². The summed E-state index contributed by atoms with van der Waals surface area (Å²) in [7, 11) is 0. The van der Waals surface area contributed by atoms with Gasteiger partial charge in [0.2, 0.25) is 5.91 Å². The minimum absolute atomic E-state index is 0.0636. The molecule has 1 aliphatic carbocycles. The fourth-order valence-electron chi connectivity index (χ4n) is 5.32. The number of fused-ring (bicyclic) bond motifs is 1. The van der Waals surface area contributed by atoms with E-state index in [9.17, 15) is 19.5 Å². The van der Waals surface area contributed by atoms with E-state index >= 15 is 0 Å². The van der Waals surface area contributed by atoms with Crippen molar-refractivity contribution in [2.75, 3.05) is 5.32 Å². The van der Waals surface area contributed by atoms with Crippen LogP contribution in [0.15, 0.2) is 90.0 Å². The van der Waals surface area contributed by atoms with Gasteiger partial charge in [-0.25, -0.2) is 10.4 Å². The summed E-state index contributed by atoms with van der Waals surface area (Å²) >= 11 is 0. The maximum absolute atomic E-state index is 13.5. The Kier molecular flexibility index (Phi) is 9.37. The molecule has 3 aromatic carbocycles. The van der Waals surface area contributed by atoms with Crippen molar-refractivity contribution in [1.82, 2.24) is 10.4 Å². The lowest BCUT2D eigenvalue weighted by atomic mass is 9.82. The molecule has 9 heteroatoms. The van der Waals surface area contributed by atoms with Crippen molar-refractivity contribution < 1.29 is 24.2 Å². The molecule has 230 valence electrons. The molecule has 45 heavy (non-hydrogen) atoms. The summed E-state index contributed by atoms with van der Waals surface area (Å²) in [5.74, 6) is -2.27. The highest BCUT2D eigenvalue weighted by molar-refractivity contribution is 6.08. The van der Waals surface area contributed by atoms with Gasteiger partial charge >= 0.3 is 5.97 Å². The molecule has 0 aliphatic heterocycles. The highest BCUT2D eigenvalue weighted by Crippen LogP contribution is 2.29. The third-order valence-corrected chi connectivity index (χ3v) is 7.71. The van der Waals surface area contributed by atoms with E-state index in [0.717, 1.165) is 27.8 Å². The number of ether oxygens (including phenoxy) is 1. The van der Waals surface area contributed by atoms with Gasteiger partial charge in [0.25, 0.3) is 5.91 Å². The molecule has 2 amide bonds. The zero-order chi connectivity index (χ0) is 32.1. The number of rotatable bonds is 9. The number of anilines is 1. The van der Waals surface area contributed by atoms with Crippen LogP contribution in [0.3, 0.4) is 0 Å². The molecule has 4 aromatic rings. The number of nitrogens with zero attached hydrogens (tertiary/aromatic N) is 2. The maximum atomic E-state index is 13.5. The number of aliphatic carboxylic acids is 1. The Morgan fingerprint density at radius 2 is 1.62 bits per heavy atom. The van der Waals surface area contributed by atoms with Gasteiger partial charge in [0.1, 0.15) is 5.75 Å². The lowest BCUT2D eigenvalue weighted by molar-refractivity contribution is -0.146. The van der Waals surface area contributed by atoms with Crippen LogP contribution < -0.4 is 15.5 Å². The van der Waals surface area contributed by atoms with Crippen LogP contribution in [0, 0.1) is 18.8 Å². The summed E-state index contributed by atoms with van der Waals surface area (Å²) in [6, 6.07) is 22.2. The molecule has 5 rings (SSSR count). The molecule has 1 aromatic heterocycles. The molecule has 1 aliphatic rings. The summed E-state index contributed by atoms with van der Waals surface area (Å²) in [6.45, 7) is 7.69. The average molecular weight is 605 g/mol. The van der Waals surface area contributed by atoms with Crippen LogP contribution in [-0.2, 0) is 9.59 Å². The zero-order valence-electron chi connectivity index (χ0n) is 25.7. The number of aryl methyl sites for hydroxylation is 1. The lowest BCUT2D eigenvalue weighted by Crippen LogP contribution is -2.34. The van der Waals surface area contributed by atoms with Gasteiger partial charge in [-0.1, -0.05) is 35.9 Å². The van der Waals surface area contributed by atoms with Crippen molar-refractivity contribution in [2.24, 2.45) is 16.9 Å². The number of carboxylic acid groups (broad SMARTS) is 1. The molecule has 3 N–H and O–H groups in total. The molecule has 0 saturated heterocycles. The van der Waals surface area contributed by atoms with E-state index in [2.05, 4.69) is 15.8 Å². The Hall–Kier alpha value is -5.31. The van der Waals surface area contributed by atoms with Crippen LogP contribution in [0.2, 0.25) is 0 Å². The molecule has 2 atom stereocenters. The molecular formula is C36H36N4O5. The van der Waals surface area contributed by atoms with Crippen molar-refractivity contribution in [2.45, 2.75) is 46.6 Å². The summed E-state index contributed by atoms with van der Waals surface area (Å²) in [5, 5.41) is 17.4. The van der Waals surface area contributed by atoms with Crippen LogP contribution in [0.4, 0.5) is 5.69 Å². The molecule has 0 fully saturated rings. The number of carbonyl (C=O) groups is 3. The van der Waals surface area contributed by atoms with Crippen LogP contribution in [-0.4, -0.2) is 39.7 Å². The van der Waals surface area contributed by atoms with E-state index in [1.165, 1.54) is 0 Å². The highest BCUT2D eigenvalue weighted by atomic mass is 16.5. The van der Waals surface area contributed by atoms with Crippen molar-refractivity contribution in [3.8, 4) is 17.0 Å². The van der Waals surface area contributed by atoms with Crippen molar-refractivity contribution in [3.05, 3.63) is 102 Å². The molecule has 0 saturated carbocycles. The second-order valence-corrected chi connectivity index (χ2v) is 11.5. The van der Waals surface area contributed by atoms with E-state index in [1.54, 1.807) is 43.3 Å². The number of pyridine rings is 1. The molecule has 0 bridgehead atoms. The number of hydrogen-bond donors (Lipinski definition) is 3. The molecule has 2 unspecified atom stereocenters. The minimum Gasteiger partial charge on any atom is -0.491 e. The SMILES string of the molecule is CC(=NNC(=O)c1cc(-c2ccc(OC(C)C)cc2)nc2ccc(C)cc12)c1ccc(NC(=O)C2CC=CCC2C(=O)O)cc1. The monoisotopic (exact) mass is 604 g/mol. The molecular weight excluding hydrogens is 568 g/mol. The topological polar surface area (TPSA) is 130 Å². The van der Waals surface area contributed by atoms with Crippen molar-refractivity contribution in [1.29, 1.82) is 0 Å². The second kappa shape index (κ2) is 13.5. The van der Waals surface area contributed by atoms with E-state index in [-0.39, 0.29) is 17.9 Å². The summed E-state index contributed by atoms with van der Waals surface area (Å²) in [6.07, 6.45) is 4.44. The van der Waals surface area contributed by atoms with Gasteiger partial charge in [0.15, 0.2) is 0 Å². The average Bonchev–Trinajstić information content (AvgIpc) is 3.03.